The van der Waals surface area contributed by atoms with E-state index in [1.807, 2.05) is 19.1 Å². The highest BCUT2D eigenvalue weighted by Gasteiger charge is 2.14. The zero-order chi connectivity index (χ0) is 14.5. The lowest BCUT2D eigenvalue weighted by Gasteiger charge is -2.17. The SMILES string of the molecule is CCC(Nc1ccc(C(=O)OC)c(C)n1)c1cccs1. The summed E-state index contributed by atoms with van der Waals surface area (Å²) in [7, 11) is 1.37. The van der Waals surface area contributed by atoms with E-state index in [2.05, 4.69) is 28.7 Å². The van der Waals surface area contributed by atoms with E-state index in [1.165, 1.54) is 12.0 Å². The van der Waals surface area contributed by atoms with Crippen molar-refractivity contribution in [3.05, 3.63) is 45.8 Å². The van der Waals surface area contributed by atoms with E-state index in [9.17, 15) is 4.79 Å². The largest absolute Gasteiger partial charge is 0.465 e. The fourth-order valence-electron chi connectivity index (χ4n) is 2.01. The van der Waals surface area contributed by atoms with Crippen LogP contribution in [-0.4, -0.2) is 18.1 Å². The van der Waals surface area contributed by atoms with E-state index in [1.54, 1.807) is 17.4 Å². The van der Waals surface area contributed by atoms with E-state index in [-0.39, 0.29) is 12.0 Å². The Morgan fingerprint density at radius 1 is 1.45 bits per heavy atom. The maximum Gasteiger partial charge on any atom is 0.339 e. The van der Waals surface area contributed by atoms with E-state index in [4.69, 9.17) is 4.74 Å². The fourth-order valence-corrected chi connectivity index (χ4v) is 2.87. The summed E-state index contributed by atoms with van der Waals surface area (Å²) >= 11 is 1.73. The molecule has 2 aromatic rings. The number of methoxy groups -OCH3 is 1. The van der Waals surface area contributed by atoms with Crippen LogP contribution in [0.2, 0.25) is 0 Å². The molecule has 2 heterocycles. The molecule has 0 saturated carbocycles. The number of nitrogens with one attached hydrogen (secondary N) is 1. The highest BCUT2D eigenvalue weighted by atomic mass is 32.1. The molecule has 0 radical (unpaired) electrons. The lowest BCUT2D eigenvalue weighted by molar-refractivity contribution is 0.0599. The van der Waals surface area contributed by atoms with Gasteiger partial charge in [-0.05, 0) is 36.9 Å². The zero-order valence-electron chi connectivity index (χ0n) is 11.8. The molecule has 0 aromatic carbocycles. The molecular weight excluding hydrogens is 272 g/mol. The van der Waals surface area contributed by atoms with Crippen LogP contribution >= 0.6 is 11.3 Å². The highest BCUT2D eigenvalue weighted by Crippen LogP contribution is 2.25. The highest BCUT2D eigenvalue weighted by molar-refractivity contribution is 7.10. The smallest absolute Gasteiger partial charge is 0.339 e. The first-order valence-electron chi connectivity index (χ1n) is 6.51. The van der Waals surface area contributed by atoms with Gasteiger partial charge in [-0.2, -0.15) is 0 Å². The van der Waals surface area contributed by atoms with E-state index >= 15 is 0 Å². The van der Waals surface area contributed by atoms with Gasteiger partial charge in [-0.3, -0.25) is 0 Å². The molecule has 1 N–H and O–H groups in total. The van der Waals surface area contributed by atoms with Crippen LogP contribution in [0.5, 0.6) is 0 Å². The summed E-state index contributed by atoms with van der Waals surface area (Å²) in [5, 5.41) is 5.47. The number of hydrogen-bond donors (Lipinski definition) is 1. The van der Waals surface area contributed by atoms with Gasteiger partial charge in [0.15, 0.2) is 0 Å². The van der Waals surface area contributed by atoms with Gasteiger partial charge in [0.05, 0.1) is 24.4 Å². The number of carbonyl (C=O) groups is 1. The quantitative estimate of drug-likeness (QED) is 0.851. The second kappa shape index (κ2) is 6.52. The Bertz CT molecular complexity index is 582. The Balaban J connectivity index is 2.17. The van der Waals surface area contributed by atoms with Gasteiger partial charge in [0.25, 0.3) is 0 Å². The fraction of sp³-hybridized carbons (Fsp3) is 0.333. The van der Waals surface area contributed by atoms with E-state index < -0.39 is 0 Å². The number of pyridine rings is 1. The van der Waals surface area contributed by atoms with Gasteiger partial charge in [-0.1, -0.05) is 13.0 Å². The van der Waals surface area contributed by atoms with E-state index in [0.717, 1.165) is 12.2 Å². The van der Waals surface area contributed by atoms with Crippen LogP contribution in [-0.2, 0) is 4.74 Å². The number of anilines is 1. The van der Waals surface area contributed by atoms with Crippen molar-refractivity contribution in [1.82, 2.24) is 4.98 Å². The maximum absolute atomic E-state index is 11.5. The molecule has 0 bridgehead atoms. The van der Waals surface area contributed by atoms with Gasteiger partial charge in [-0.15, -0.1) is 11.3 Å². The second-order valence-corrected chi connectivity index (χ2v) is 5.42. The first kappa shape index (κ1) is 14.5. The lowest BCUT2D eigenvalue weighted by atomic mass is 10.1. The predicted octanol–water partition coefficient (Wildman–Crippen LogP) is 3.80. The van der Waals surface area contributed by atoms with Crippen molar-refractivity contribution >= 4 is 23.1 Å². The number of aromatic nitrogens is 1. The van der Waals surface area contributed by atoms with Gasteiger partial charge in [0, 0.05) is 4.88 Å². The number of esters is 1. The molecule has 0 amide bonds. The zero-order valence-corrected chi connectivity index (χ0v) is 12.7. The van der Waals surface area contributed by atoms with Crippen molar-refractivity contribution in [2.45, 2.75) is 26.3 Å². The van der Waals surface area contributed by atoms with Crippen LogP contribution in [0.25, 0.3) is 0 Å². The van der Waals surface area contributed by atoms with Crippen molar-refractivity contribution in [3.8, 4) is 0 Å². The molecule has 0 saturated heterocycles. The van der Waals surface area contributed by atoms with Crippen molar-refractivity contribution in [3.63, 3.8) is 0 Å². The van der Waals surface area contributed by atoms with Crippen molar-refractivity contribution in [2.75, 3.05) is 12.4 Å². The molecule has 2 rings (SSSR count). The average molecular weight is 290 g/mol. The van der Waals surface area contributed by atoms with Crippen LogP contribution in [0, 0.1) is 6.92 Å². The Kier molecular flexibility index (Phi) is 4.74. The molecule has 0 spiro atoms. The van der Waals surface area contributed by atoms with Crippen molar-refractivity contribution < 1.29 is 9.53 Å². The monoisotopic (exact) mass is 290 g/mol. The summed E-state index contributed by atoms with van der Waals surface area (Å²) < 4.78 is 4.72. The topological polar surface area (TPSA) is 51.2 Å². The minimum atomic E-state index is -0.355. The van der Waals surface area contributed by atoms with Crippen LogP contribution in [0.15, 0.2) is 29.6 Å². The summed E-state index contributed by atoms with van der Waals surface area (Å²) in [6.07, 6.45) is 0.972. The molecule has 20 heavy (non-hydrogen) atoms. The minimum Gasteiger partial charge on any atom is -0.465 e. The molecule has 4 nitrogen and oxygen atoms in total. The lowest BCUT2D eigenvalue weighted by Crippen LogP contribution is -2.11. The molecule has 2 aromatic heterocycles. The maximum atomic E-state index is 11.5. The Morgan fingerprint density at radius 3 is 2.80 bits per heavy atom. The molecule has 1 unspecified atom stereocenters. The predicted molar refractivity (Wildman–Crippen MR) is 81.3 cm³/mol. The average Bonchev–Trinajstić information content (AvgIpc) is 2.98. The van der Waals surface area contributed by atoms with Gasteiger partial charge in [-0.25, -0.2) is 9.78 Å². The Morgan fingerprint density at radius 2 is 2.25 bits per heavy atom. The molecule has 106 valence electrons. The minimum absolute atomic E-state index is 0.242. The molecule has 5 heteroatoms. The molecular formula is C15H18N2O2S. The number of aryl methyl sites for hydroxylation is 1. The standard InChI is InChI=1S/C15H18N2O2S/c1-4-12(13-6-5-9-20-13)17-14-8-7-11(10(2)16-14)15(18)19-3/h5-9,12H,4H2,1-3H3,(H,16,17). The number of hydrogen-bond acceptors (Lipinski definition) is 5. The van der Waals surface area contributed by atoms with Gasteiger partial charge < -0.3 is 10.1 Å². The summed E-state index contributed by atoms with van der Waals surface area (Å²) in [6, 6.07) is 7.96. The summed E-state index contributed by atoms with van der Waals surface area (Å²) in [6.45, 7) is 3.94. The third-order valence-corrected chi connectivity index (χ3v) is 4.09. The van der Waals surface area contributed by atoms with Crippen LogP contribution in [0.4, 0.5) is 5.82 Å². The second-order valence-electron chi connectivity index (χ2n) is 4.44. The number of ether oxygens (including phenoxy) is 1. The van der Waals surface area contributed by atoms with Crippen molar-refractivity contribution in [1.29, 1.82) is 0 Å². The van der Waals surface area contributed by atoms with Gasteiger partial charge in [0.2, 0.25) is 0 Å². The summed E-state index contributed by atoms with van der Waals surface area (Å²) in [5.74, 6) is 0.419. The third-order valence-electron chi connectivity index (χ3n) is 3.11. The molecule has 0 aliphatic heterocycles. The first-order valence-corrected chi connectivity index (χ1v) is 7.39. The Hall–Kier alpha value is -1.88. The van der Waals surface area contributed by atoms with Gasteiger partial charge in [0.1, 0.15) is 5.82 Å². The van der Waals surface area contributed by atoms with Crippen molar-refractivity contribution in [2.24, 2.45) is 0 Å². The number of nitrogens with zero attached hydrogens (tertiary/aromatic N) is 1. The van der Waals surface area contributed by atoms with E-state index in [0.29, 0.717) is 11.3 Å². The number of rotatable bonds is 5. The number of thiophene rings is 1. The Labute approximate surface area is 122 Å². The third kappa shape index (κ3) is 3.17. The number of carbonyl (C=O) groups excluding carboxylic acids is 1. The van der Waals surface area contributed by atoms with Gasteiger partial charge >= 0.3 is 5.97 Å². The van der Waals surface area contributed by atoms with Crippen LogP contribution < -0.4 is 5.32 Å². The molecule has 0 aliphatic rings. The summed E-state index contributed by atoms with van der Waals surface area (Å²) in [4.78, 5) is 17.2. The van der Waals surface area contributed by atoms with Crippen LogP contribution in [0.3, 0.4) is 0 Å². The molecule has 0 aliphatic carbocycles. The van der Waals surface area contributed by atoms with Crippen LogP contribution in [0.1, 0.15) is 40.3 Å². The first-order chi connectivity index (χ1) is 9.65. The summed E-state index contributed by atoms with van der Waals surface area (Å²) in [5.41, 5.74) is 1.17. The normalized spacial score (nSPS) is 11.9. The molecule has 1 atom stereocenters. The molecule has 0 fully saturated rings.